The van der Waals surface area contributed by atoms with Crippen LogP contribution in [0.25, 0.3) is 22.4 Å². The van der Waals surface area contributed by atoms with E-state index in [1.165, 1.54) is 38.4 Å². The van der Waals surface area contributed by atoms with Crippen molar-refractivity contribution in [1.29, 1.82) is 0 Å². The maximum atomic E-state index is 14.1. The van der Waals surface area contributed by atoms with Gasteiger partial charge in [0, 0.05) is 18.3 Å². The van der Waals surface area contributed by atoms with E-state index in [0.29, 0.717) is 21.2 Å². The van der Waals surface area contributed by atoms with Crippen LogP contribution in [-0.4, -0.2) is 42.9 Å². The third kappa shape index (κ3) is 4.46. The number of anilines is 1. The Bertz CT molecular complexity index is 1470. The van der Waals surface area contributed by atoms with Gasteiger partial charge < -0.3 is 10.3 Å². The molecule has 170 valence electrons. The van der Waals surface area contributed by atoms with Crippen molar-refractivity contribution in [1.82, 2.24) is 14.4 Å². The van der Waals surface area contributed by atoms with Gasteiger partial charge in [-0.05, 0) is 54.6 Å². The quantitative estimate of drug-likeness (QED) is 0.414. The molecule has 0 aliphatic carbocycles. The number of carbonyl (C=O) groups excluding carboxylic acids is 1. The van der Waals surface area contributed by atoms with Crippen LogP contribution in [0, 0.1) is 11.6 Å². The predicted octanol–water partition coefficient (Wildman–Crippen LogP) is 3.94. The number of benzene rings is 3. The van der Waals surface area contributed by atoms with Gasteiger partial charge in [0.1, 0.15) is 17.5 Å². The summed E-state index contributed by atoms with van der Waals surface area (Å²) < 4.78 is 53.1. The molecule has 3 aromatic carbocycles. The van der Waals surface area contributed by atoms with Gasteiger partial charge in [-0.1, -0.05) is 10.5 Å². The lowest BCUT2D eigenvalue weighted by molar-refractivity contribution is -0.0258. The molecule has 11 heteroatoms. The number of nitrogens with one attached hydrogen (secondary N) is 2. The molecule has 0 radical (unpaired) electrons. The van der Waals surface area contributed by atoms with E-state index in [1.54, 1.807) is 18.2 Å². The predicted molar refractivity (Wildman–Crippen MR) is 118 cm³/mol. The summed E-state index contributed by atoms with van der Waals surface area (Å²) in [6.45, 7) is 0. The smallest absolute Gasteiger partial charge is 0.264 e. The fourth-order valence-corrected chi connectivity index (χ4v) is 4.16. The average Bonchev–Trinajstić information content (AvgIpc) is 3.23. The van der Waals surface area contributed by atoms with Crippen molar-refractivity contribution in [3.05, 3.63) is 77.9 Å². The number of nitrogens with zero attached hydrogens (tertiary/aromatic N) is 2. The number of sulfonamides is 1. The number of hydrogen-bond donors (Lipinski definition) is 2. The van der Waals surface area contributed by atoms with Crippen LogP contribution in [0.5, 0.6) is 0 Å². The molecule has 8 nitrogen and oxygen atoms in total. The van der Waals surface area contributed by atoms with E-state index in [9.17, 15) is 22.0 Å². The van der Waals surface area contributed by atoms with Gasteiger partial charge in [0.2, 0.25) is 0 Å². The number of fused-ring (bicyclic) bond motifs is 1. The lowest BCUT2D eigenvalue weighted by atomic mass is 10.2. The highest BCUT2D eigenvalue weighted by Gasteiger charge is 2.22. The first-order valence-corrected chi connectivity index (χ1v) is 11.0. The molecule has 0 atom stereocenters. The van der Waals surface area contributed by atoms with E-state index in [-0.39, 0.29) is 21.8 Å². The van der Waals surface area contributed by atoms with Crippen LogP contribution in [0.15, 0.2) is 65.6 Å². The van der Waals surface area contributed by atoms with E-state index >= 15 is 0 Å². The first-order valence-electron chi connectivity index (χ1n) is 9.58. The summed E-state index contributed by atoms with van der Waals surface area (Å²) in [7, 11) is -1.46. The Morgan fingerprint density at radius 2 is 1.88 bits per heavy atom. The van der Waals surface area contributed by atoms with Crippen LogP contribution in [0.4, 0.5) is 14.5 Å². The van der Waals surface area contributed by atoms with E-state index in [4.69, 9.17) is 4.84 Å². The summed E-state index contributed by atoms with van der Waals surface area (Å²) in [5.74, 6) is -1.62. The number of halogens is 2. The minimum Gasteiger partial charge on any atom is -0.338 e. The zero-order chi connectivity index (χ0) is 23.8. The Hall–Kier alpha value is -3.67. The highest BCUT2D eigenvalue weighted by atomic mass is 32.2. The summed E-state index contributed by atoms with van der Waals surface area (Å²) in [6, 6.07) is 13.4. The summed E-state index contributed by atoms with van der Waals surface area (Å²) >= 11 is 0. The molecule has 0 unspecified atom stereocenters. The van der Waals surface area contributed by atoms with E-state index in [2.05, 4.69) is 15.3 Å². The molecule has 1 heterocycles. The Kier molecular flexibility index (Phi) is 5.93. The molecule has 0 aliphatic rings. The highest BCUT2D eigenvalue weighted by Crippen LogP contribution is 2.26. The summed E-state index contributed by atoms with van der Waals surface area (Å²) in [5, 5.41) is 2.68. The van der Waals surface area contributed by atoms with Gasteiger partial charge in [-0.15, -0.1) is 0 Å². The first-order chi connectivity index (χ1) is 15.7. The molecule has 4 aromatic rings. The van der Waals surface area contributed by atoms with E-state index in [0.717, 1.165) is 18.2 Å². The third-order valence-corrected chi connectivity index (χ3v) is 6.59. The molecule has 4 rings (SSSR count). The second-order valence-corrected chi connectivity index (χ2v) is 8.96. The molecule has 0 aliphatic heterocycles. The Morgan fingerprint density at radius 3 is 2.64 bits per heavy atom. The van der Waals surface area contributed by atoms with Gasteiger partial charge in [-0.25, -0.2) is 22.2 Å². The third-order valence-electron chi connectivity index (χ3n) is 4.91. The minimum absolute atomic E-state index is 0.0177. The zero-order valence-electron chi connectivity index (χ0n) is 17.5. The SMILES string of the molecule is CON(C)S(=O)(=O)c1cccc(C(=O)Nc2ccc3nc(-c4cc(F)ccc4F)[nH]c3c2)c1. The Balaban J connectivity index is 1.60. The second kappa shape index (κ2) is 8.70. The maximum Gasteiger partial charge on any atom is 0.264 e. The molecule has 1 amide bonds. The number of hydroxylamine groups is 1. The second-order valence-electron chi connectivity index (χ2n) is 7.02. The monoisotopic (exact) mass is 472 g/mol. The zero-order valence-corrected chi connectivity index (χ0v) is 18.3. The lowest BCUT2D eigenvalue weighted by Gasteiger charge is -2.14. The van der Waals surface area contributed by atoms with Crippen LogP contribution in [0.1, 0.15) is 10.4 Å². The van der Waals surface area contributed by atoms with Crippen molar-refractivity contribution in [3.8, 4) is 11.4 Å². The normalized spacial score (nSPS) is 11.8. The molecule has 1 aromatic heterocycles. The number of rotatable bonds is 6. The van der Waals surface area contributed by atoms with Gasteiger partial charge in [0.25, 0.3) is 15.9 Å². The summed E-state index contributed by atoms with van der Waals surface area (Å²) in [4.78, 5) is 24.5. The summed E-state index contributed by atoms with van der Waals surface area (Å²) in [6.07, 6.45) is 0. The topological polar surface area (TPSA) is 104 Å². The maximum absolute atomic E-state index is 14.1. The highest BCUT2D eigenvalue weighted by molar-refractivity contribution is 7.89. The molecule has 0 saturated heterocycles. The van der Waals surface area contributed by atoms with Gasteiger partial charge in [-0.3, -0.25) is 9.63 Å². The number of amides is 1. The molecule has 0 bridgehead atoms. The van der Waals surface area contributed by atoms with Crippen molar-refractivity contribution in [2.45, 2.75) is 4.90 Å². The lowest BCUT2D eigenvalue weighted by Crippen LogP contribution is -2.26. The van der Waals surface area contributed by atoms with E-state index in [1.807, 2.05) is 0 Å². The largest absolute Gasteiger partial charge is 0.338 e. The molecule has 0 spiro atoms. The van der Waals surface area contributed by atoms with Crippen LogP contribution in [-0.2, 0) is 14.9 Å². The van der Waals surface area contributed by atoms with Crippen LogP contribution < -0.4 is 5.32 Å². The van der Waals surface area contributed by atoms with Crippen molar-refractivity contribution < 1.29 is 26.8 Å². The summed E-state index contributed by atoms with van der Waals surface area (Å²) in [5.41, 5.74) is 1.47. The minimum atomic E-state index is -3.92. The molecule has 0 fully saturated rings. The standard InChI is InChI=1S/C22H18F2N4O4S/c1-28(32-2)33(30,31)16-5-3-4-13(10-16)22(29)25-15-7-9-19-20(12-15)27-21(26-19)17-11-14(23)6-8-18(17)24/h3-12H,1-2H3,(H,25,29)(H,26,27). The molecule has 2 N–H and O–H groups in total. The fraction of sp³-hybridized carbons (Fsp3) is 0.0909. The Morgan fingerprint density at radius 1 is 1.09 bits per heavy atom. The number of imidazole rings is 1. The number of hydrogen-bond acceptors (Lipinski definition) is 5. The first kappa shape index (κ1) is 22.5. The molecule has 0 saturated carbocycles. The number of H-pyrrole nitrogens is 1. The number of carbonyl (C=O) groups is 1. The molecule has 33 heavy (non-hydrogen) atoms. The van der Waals surface area contributed by atoms with E-state index < -0.39 is 27.6 Å². The number of aromatic amines is 1. The van der Waals surface area contributed by atoms with Gasteiger partial charge in [0.15, 0.2) is 0 Å². The number of aromatic nitrogens is 2. The van der Waals surface area contributed by atoms with Gasteiger partial charge in [0.05, 0.1) is 28.6 Å². The fourth-order valence-electron chi connectivity index (χ4n) is 3.14. The van der Waals surface area contributed by atoms with Crippen molar-refractivity contribution in [2.24, 2.45) is 0 Å². The van der Waals surface area contributed by atoms with Crippen molar-refractivity contribution >= 4 is 32.7 Å². The van der Waals surface area contributed by atoms with Gasteiger partial charge >= 0.3 is 0 Å². The molecular formula is C22H18F2N4O4S. The molecular weight excluding hydrogens is 454 g/mol. The van der Waals surface area contributed by atoms with Crippen molar-refractivity contribution in [3.63, 3.8) is 0 Å². The van der Waals surface area contributed by atoms with Gasteiger partial charge in [-0.2, -0.15) is 0 Å². The van der Waals surface area contributed by atoms with Crippen LogP contribution in [0.3, 0.4) is 0 Å². The van der Waals surface area contributed by atoms with Crippen LogP contribution in [0.2, 0.25) is 0 Å². The van der Waals surface area contributed by atoms with Crippen LogP contribution >= 0.6 is 0 Å². The van der Waals surface area contributed by atoms with Crippen molar-refractivity contribution in [2.75, 3.05) is 19.5 Å². The average molecular weight is 472 g/mol. The Labute approximate surface area is 187 Å².